The second kappa shape index (κ2) is 4.00. The second-order valence-corrected chi connectivity index (χ2v) is 2.31. The van der Waals surface area contributed by atoms with Gasteiger partial charge in [-0.2, -0.15) is 0 Å². The van der Waals surface area contributed by atoms with Crippen LogP contribution in [0.1, 0.15) is 0 Å². The van der Waals surface area contributed by atoms with Crippen LogP contribution >= 0.6 is 15.9 Å². The van der Waals surface area contributed by atoms with E-state index in [0.717, 1.165) is 4.47 Å². The molecule has 0 saturated heterocycles. The van der Waals surface area contributed by atoms with Gasteiger partial charge in [0.2, 0.25) is 0 Å². The number of benzene rings is 1. The zero-order valence-electron chi connectivity index (χ0n) is 4.13. The Morgan fingerprint density at radius 1 is 1.22 bits per heavy atom. The number of hydrogen-bond acceptors (Lipinski definition) is 1. The first-order chi connectivity index (χ1) is 3.80. The number of aromatic hydroxyl groups is 1. The molecular formula is C6H6BrLiO. The number of para-hydroxylation sites is 1. The monoisotopic (exact) mass is 180 g/mol. The van der Waals surface area contributed by atoms with E-state index in [4.69, 9.17) is 5.11 Å². The van der Waals surface area contributed by atoms with Gasteiger partial charge in [0.05, 0.1) is 4.47 Å². The van der Waals surface area contributed by atoms with Crippen molar-refractivity contribution in [1.29, 1.82) is 0 Å². The van der Waals surface area contributed by atoms with Crippen molar-refractivity contribution in [1.82, 2.24) is 0 Å². The van der Waals surface area contributed by atoms with Gasteiger partial charge in [0.15, 0.2) is 0 Å². The molecule has 0 amide bonds. The van der Waals surface area contributed by atoms with Gasteiger partial charge in [0.1, 0.15) is 5.75 Å². The minimum atomic E-state index is 0. The van der Waals surface area contributed by atoms with Gasteiger partial charge in [0, 0.05) is 0 Å². The van der Waals surface area contributed by atoms with Gasteiger partial charge in [-0.3, -0.25) is 0 Å². The molecule has 0 aliphatic rings. The van der Waals surface area contributed by atoms with Crippen molar-refractivity contribution >= 4 is 34.8 Å². The molecule has 0 fully saturated rings. The molecule has 0 aliphatic carbocycles. The topological polar surface area (TPSA) is 20.2 Å². The summed E-state index contributed by atoms with van der Waals surface area (Å²) >= 11 is 3.15. The maximum atomic E-state index is 8.87. The Bertz CT molecular complexity index is 169. The summed E-state index contributed by atoms with van der Waals surface area (Å²) in [5, 5.41) is 8.87. The van der Waals surface area contributed by atoms with E-state index in [9.17, 15) is 0 Å². The zero-order chi connectivity index (χ0) is 5.98. The van der Waals surface area contributed by atoms with Crippen molar-refractivity contribution < 1.29 is 5.11 Å². The summed E-state index contributed by atoms with van der Waals surface area (Å²) in [5.74, 6) is 0.285. The quantitative estimate of drug-likeness (QED) is 0.601. The summed E-state index contributed by atoms with van der Waals surface area (Å²) in [4.78, 5) is 0. The van der Waals surface area contributed by atoms with Crippen LogP contribution in [-0.2, 0) is 0 Å². The molecule has 1 aromatic rings. The van der Waals surface area contributed by atoms with Crippen molar-refractivity contribution in [2.45, 2.75) is 0 Å². The van der Waals surface area contributed by atoms with Crippen LogP contribution in [0.15, 0.2) is 28.7 Å². The van der Waals surface area contributed by atoms with Gasteiger partial charge in [-0.25, -0.2) is 0 Å². The van der Waals surface area contributed by atoms with E-state index in [1.54, 1.807) is 18.2 Å². The molecule has 3 heteroatoms. The van der Waals surface area contributed by atoms with Crippen LogP contribution < -0.4 is 0 Å². The van der Waals surface area contributed by atoms with Gasteiger partial charge in [-0.15, -0.1) is 0 Å². The molecule has 0 atom stereocenters. The molecule has 1 aromatic carbocycles. The Morgan fingerprint density at radius 2 is 1.78 bits per heavy atom. The van der Waals surface area contributed by atoms with Gasteiger partial charge < -0.3 is 5.11 Å². The Labute approximate surface area is 74.4 Å². The van der Waals surface area contributed by atoms with Gasteiger partial charge >= 0.3 is 18.9 Å². The number of hydrogen-bond donors (Lipinski definition) is 1. The van der Waals surface area contributed by atoms with Crippen molar-refractivity contribution in [2.24, 2.45) is 0 Å². The summed E-state index contributed by atoms with van der Waals surface area (Å²) in [7, 11) is 0. The number of halogens is 1. The van der Waals surface area contributed by atoms with E-state index in [1.807, 2.05) is 6.07 Å². The average molecular weight is 181 g/mol. The Kier molecular flexibility index (Phi) is 4.04. The van der Waals surface area contributed by atoms with Crippen molar-refractivity contribution in [3.05, 3.63) is 28.7 Å². The van der Waals surface area contributed by atoms with E-state index < -0.39 is 0 Å². The van der Waals surface area contributed by atoms with Crippen molar-refractivity contribution in [2.75, 3.05) is 0 Å². The predicted octanol–water partition coefficient (Wildman–Crippen LogP) is 1.51. The fraction of sp³-hybridized carbons (Fsp3) is 0. The Morgan fingerprint density at radius 3 is 2.11 bits per heavy atom. The van der Waals surface area contributed by atoms with Crippen molar-refractivity contribution in [3.8, 4) is 5.75 Å². The first-order valence-corrected chi connectivity index (χ1v) is 3.03. The molecule has 0 saturated carbocycles. The average Bonchev–Trinajstić information content (AvgIpc) is 1.77. The summed E-state index contributed by atoms with van der Waals surface area (Å²) in [6, 6.07) is 7.04. The SMILES string of the molecule is Oc1ccccc1Br.[LiH]. The van der Waals surface area contributed by atoms with Crippen LogP contribution in [0, 0.1) is 0 Å². The maximum absolute atomic E-state index is 8.87. The fourth-order valence-corrected chi connectivity index (χ4v) is 0.737. The molecule has 1 N–H and O–H groups in total. The minimum absolute atomic E-state index is 0. The van der Waals surface area contributed by atoms with E-state index in [1.165, 1.54) is 0 Å². The normalized spacial score (nSPS) is 8.11. The van der Waals surface area contributed by atoms with Crippen LogP contribution in [0.2, 0.25) is 0 Å². The van der Waals surface area contributed by atoms with Crippen LogP contribution in [0.4, 0.5) is 0 Å². The van der Waals surface area contributed by atoms with Crippen LogP contribution in [0.5, 0.6) is 5.75 Å². The first-order valence-electron chi connectivity index (χ1n) is 2.24. The van der Waals surface area contributed by atoms with Crippen LogP contribution in [0.25, 0.3) is 0 Å². The molecule has 44 valence electrons. The molecule has 1 nitrogen and oxygen atoms in total. The fourth-order valence-electron chi connectivity index (χ4n) is 0.452. The molecule has 0 radical (unpaired) electrons. The molecule has 1 rings (SSSR count). The molecule has 0 aromatic heterocycles. The molecule has 9 heavy (non-hydrogen) atoms. The van der Waals surface area contributed by atoms with E-state index in [0.29, 0.717) is 0 Å². The van der Waals surface area contributed by atoms with Gasteiger partial charge in [-0.05, 0) is 28.1 Å². The van der Waals surface area contributed by atoms with E-state index in [-0.39, 0.29) is 24.6 Å². The van der Waals surface area contributed by atoms with Crippen molar-refractivity contribution in [3.63, 3.8) is 0 Å². The van der Waals surface area contributed by atoms with E-state index >= 15 is 0 Å². The molecule has 0 aliphatic heterocycles. The molecule has 0 unspecified atom stereocenters. The standard InChI is InChI=1S/C6H5BrO.Li.H/c7-5-3-1-2-4-6(5)8;;/h1-4,8H;;. The first kappa shape index (κ1) is 9.10. The Hall–Kier alpha value is 0.0974. The number of phenols is 1. The third kappa shape index (κ3) is 2.44. The number of phenolic OH excluding ortho intramolecular Hbond substituents is 1. The van der Waals surface area contributed by atoms with Crippen LogP contribution in [-0.4, -0.2) is 24.0 Å². The third-order valence-electron chi connectivity index (χ3n) is 0.852. The number of rotatable bonds is 0. The summed E-state index contributed by atoms with van der Waals surface area (Å²) < 4.78 is 0.736. The Balaban J connectivity index is 0.000000640. The molecule has 0 bridgehead atoms. The summed E-state index contributed by atoms with van der Waals surface area (Å²) in [5.41, 5.74) is 0. The zero-order valence-corrected chi connectivity index (χ0v) is 5.72. The summed E-state index contributed by atoms with van der Waals surface area (Å²) in [6.45, 7) is 0. The van der Waals surface area contributed by atoms with Crippen LogP contribution in [0.3, 0.4) is 0 Å². The van der Waals surface area contributed by atoms with Gasteiger partial charge in [-0.1, -0.05) is 12.1 Å². The summed E-state index contributed by atoms with van der Waals surface area (Å²) in [6.07, 6.45) is 0. The van der Waals surface area contributed by atoms with E-state index in [2.05, 4.69) is 15.9 Å². The molecular weight excluding hydrogens is 175 g/mol. The molecule has 0 spiro atoms. The molecule has 0 heterocycles. The predicted molar refractivity (Wildman–Crippen MR) is 43.0 cm³/mol. The second-order valence-electron chi connectivity index (χ2n) is 1.45. The van der Waals surface area contributed by atoms with Gasteiger partial charge in [0.25, 0.3) is 0 Å². The third-order valence-corrected chi connectivity index (χ3v) is 1.52.